The zero-order chi connectivity index (χ0) is 20.9. The lowest BCUT2D eigenvalue weighted by atomic mass is 10.2. The highest BCUT2D eigenvalue weighted by molar-refractivity contribution is 7.89. The van der Waals surface area contributed by atoms with E-state index < -0.39 is 26.7 Å². The Bertz CT molecular complexity index is 963. The number of amides is 1. The number of alkyl halides is 3. The number of carbonyl (C=O) groups excluding carboxylic acids is 1. The fraction of sp³-hybridized carbons (Fsp3) is 0.278. The highest BCUT2D eigenvalue weighted by Crippen LogP contribution is 2.30. The van der Waals surface area contributed by atoms with Crippen LogP contribution in [-0.4, -0.2) is 20.9 Å². The molecule has 0 aliphatic carbocycles. The van der Waals surface area contributed by atoms with Crippen LogP contribution >= 0.6 is 11.6 Å². The minimum Gasteiger partial charge on any atom is -0.326 e. The Morgan fingerprint density at radius 1 is 1.14 bits per heavy atom. The second-order valence-electron chi connectivity index (χ2n) is 5.99. The molecule has 0 spiro atoms. The molecule has 0 saturated heterocycles. The molecule has 2 N–H and O–H groups in total. The van der Waals surface area contributed by atoms with Crippen LogP contribution < -0.4 is 10.0 Å². The van der Waals surface area contributed by atoms with Crippen molar-refractivity contribution in [3.05, 3.63) is 58.6 Å². The molecule has 0 unspecified atom stereocenters. The summed E-state index contributed by atoms with van der Waals surface area (Å²) < 4.78 is 64.6. The first-order valence-corrected chi connectivity index (χ1v) is 10.1. The standard InChI is InChI=1S/C18H18ClF3N2O3S/c1-12-15(19)7-3-8-16(12)24-17(25)9-4-10-23-28(26,27)14-6-2-5-13(11-14)18(20,21)22/h2-3,5-8,11,23H,4,9-10H2,1H3,(H,24,25). The topological polar surface area (TPSA) is 75.3 Å². The number of rotatable bonds is 7. The maximum Gasteiger partial charge on any atom is 0.416 e. The lowest BCUT2D eigenvalue weighted by Crippen LogP contribution is -2.26. The van der Waals surface area contributed by atoms with Gasteiger partial charge in [0.2, 0.25) is 15.9 Å². The number of benzene rings is 2. The van der Waals surface area contributed by atoms with Gasteiger partial charge in [-0.25, -0.2) is 13.1 Å². The van der Waals surface area contributed by atoms with E-state index in [1.54, 1.807) is 25.1 Å². The first-order valence-electron chi connectivity index (χ1n) is 8.22. The van der Waals surface area contributed by atoms with E-state index in [-0.39, 0.29) is 25.3 Å². The van der Waals surface area contributed by atoms with Crippen molar-refractivity contribution in [2.24, 2.45) is 0 Å². The molecule has 0 bridgehead atoms. The van der Waals surface area contributed by atoms with E-state index in [1.165, 1.54) is 0 Å². The van der Waals surface area contributed by atoms with Gasteiger partial charge in [0.15, 0.2) is 0 Å². The zero-order valence-electron chi connectivity index (χ0n) is 14.8. The number of hydrogen-bond acceptors (Lipinski definition) is 3. The van der Waals surface area contributed by atoms with Crippen molar-refractivity contribution >= 4 is 33.2 Å². The third-order valence-corrected chi connectivity index (χ3v) is 5.75. The van der Waals surface area contributed by atoms with Crippen LogP contribution in [0.25, 0.3) is 0 Å². The molecule has 5 nitrogen and oxygen atoms in total. The largest absolute Gasteiger partial charge is 0.416 e. The van der Waals surface area contributed by atoms with Gasteiger partial charge in [-0.3, -0.25) is 4.79 Å². The third kappa shape index (κ3) is 5.95. The quantitative estimate of drug-likeness (QED) is 0.635. The molecule has 10 heteroatoms. The maximum absolute atomic E-state index is 12.7. The summed E-state index contributed by atoms with van der Waals surface area (Å²) in [4.78, 5) is 11.5. The van der Waals surface area contributed by atoms with E-state index in [0.717, 1.165) is 18.2 Å². The van der Waals surface area contributed by atoms with Crippen molar-refractivity contribution in [3.8, 4) is 0 Å². The van der Waals surface area contributed by atoms with E-state index in [9.17, 15) is 26.4 Å². The lowest BCUT2D eigenvalue weighted by molar-refractivity contribution is -0.137. The molecule has 0 heterocycles. The molecule has 0 radical (unpaired) electrons. The monoisotopic (exact) mass is 434 g/mol. The number of sulfonamides is 1. The lowest BCUT2D eigenvalue weighted by Gasteiger charge is -2.11. The van der Waals surface area contributed by atoms with Crippen molar-refractivity contribution in [1.29, 1.82) is 0 Å². The summed E-state index contributed by atoms with van der Waals surface area (Å²) in [6, 6.07) is 8.53. The molecule has 152 valence electrons. The number of anilines is 1. The molecule has 0 fully saturated rings. The highest BCUT2D eigenvalue weighted by Gasteiger charge is 2.31. The van der Waals surface area contributed by atoms with Crippen molar-refractivity contribution in [2.75, 3.05) is 11.9 Å². The van der Waals surface area contributed by atoms with Crippen molar-refractivity contribution < 1.29 is 26.4 Å². The summed E-state index contributed by atoms with van der Waals surface area (Å²) in [7, 11) is -4.11. The van der Waals surface area contributed by atoms with Gasteiger partial charge in [-0.2, -0.15) is 13.2 Å². The molecule has 0 saturated carbocycles. The Labute approximate surface area is 166 Å². The van der Waals surface area contributed by atoms with E-state index in [1.807, 2.05) is 0 Å². The molecule has 28 heavy (non-hydrogen) atoms. The van der Waals surface area contributed by atoms with Crippen molar-refractivity contribution in [2.45, 2.75) is 30.8 Å². The third-order valence-electron chi connectivity index (χ3n) is 3.89. The first kappa shape index (κ1) is 22.2. The first-order chi connectivity index (χ1) is 13.0. The Morgan fingerprint density at radius 3 is 2.50 bits per heavy atom. The minimum absolute atomic E-state index is 0.0249. The van der Waals surface area contributed by atoms with Gasteiger partial charge in [0.05, 0.1) is 10.5 Å². The molecular weight excluding hydrogens is 417 g/mol. The van der Waals surface area contributed by atoms with Gasteiger partial charge >= 0.3 is 6.18 Å². The normalized spacial score (nSPS) is 12.0. The second kappa shape index (κ2) is 8.93. The van der Waals surface area contributed by atoms with E-state index in [4.69, 9.17) is 11.6 Å². The summed E-state index contributed by atoms with van der Waals surface area (Å²) in [5.41, 5.74) is 0.219. The van der Waals surface area contributed by atoms with Gasteiger partial charge in [-0.15, -0.1) is 0 Å². The van der Waals surface area contributed by atoms with Crippen molar-refractivity contribution in [1.82, 2.24) is 4.72 Å². The summed E-state index contributed by atoms with van der Waals surface area (Å²) in [6.07, 6.45) is -4.44. The van der Waals surface area contributed by atoms with Gasteiger partial charge in [0, 0.05) is 23.7 Å². The fourth-order valence-electron chi connectivity index (χ4n) is 2.33. The Morgan fingerprint density at radius 2 is 1.82 bits per heavy atom. The van der Waals surface area contributed by atoms with Gasteiger partial charge in [0.1, 0.15) is 0 Å². The minimum atomic E-state index is -4.64. The van der Waals surface area contributed by atoms with Crippen LogP contribution in [0.3, 0.4) is 0 Å². The Hall–Kier alpha value is -2.10. The summed E-state index contributed by atoms with van der Waals surface area (Å²) >= 11 is 5.97. The predicted octanol–water partition coefficient (Wildman–Crippen LogP) is 4.36. The van der Waals surface area contributed by atoms with Crippen molar-refractivity contribution in [3.63, 3.8) is 0 Å². The van der Waals surface area contributed by atoms with E-state index in [0.29, 0.717) is 22.3 Å². The van der Waals surface area contributed by atoms with Gasteiger partial charge in [-0.1, -0.05) is 23.7 Å². The summed E-state index contributed by atoms with van der Waals surface area (Å²) in [6.45, 7) is 1.65. The molecule has 0 aliphatic rings. The van der Waals surface area contributed by atoms with E-state index >= 15 is 0 Å². The highest BCUT2D eigenvalue weighted by atomic mass is 35.5. The van der Waals surface area contributed by atoms with Crippen LogP contribution in [0.1, 0.15) is 24.0 Å². The van der Waals surface area contributed by atoms with Crippen LogP contribution in [-0.2, 0) is 21.0 Å². The molecule has 2 rings (SSSR count). The Kier molecular flexibility index (Phi) is 7.08. The predicted molar refractivity (Wildman–Crippen MR) is 101 cm³/mol. The molecule has 2 aromatic carbocycles. The second-order valence-corrected chi connectivity index (χ2v) is 8.16. The molecular formula is C18H18ClF3N2O3S. The number of nitrogens with one attached hydrogen (secondary N) is 2. The van der Waals surface area contributed by atoms with Crippen LogP contribution in [0.2, 0.25) is 5.02 Å². The molecule has 0 aliphatic heterocycles. The number of halogens is 4. The maximum atomic E-state index is 12.7. The van der Waals surface area contributed by atoms with Crippen LogP contribution in [0.15, 0.2) is 47.4 Å². The van der Waals surface area contributed by atoms with Gasteiger partial charge in [-0.05, 0) is 49.2 Å². The average molecular weight is 435 g/mol. The number of hydrogen-bond donors (Lipinski definition) is 2. The number of carbonyl (C=O) groups is 1. The fourth-order valence-corrected chi connectivity index (χ4v) is 3.63. The SMILES string of the molecule is Cc1c(Cl)cccc1NC(=O)CCCNS(=O)(=O)c1cccc(C(F)(F)F)c1. The smallest absolute Gasteiger partial charge is 0.326 e. The van der Waals surface area contributed by atoms with Gasteiger partial charge in [0.25, 0.3) is 0 Å². The zero-order valence-corrected chi connectivity index (χ0v) is 16.4. The summed E-state index contributed by atoms with van der Waals surface area (Å²) in [5.74, 6) is -0.330. The molecule has 0 atom stereocenters. The van der Waals surface area contributed by atoms with Crippen LogP contribution in [0, 0.1) is 6.92 Å². The average Bonchev–Trinajstić information content (AvgIpc) is 2.62. The van der Waals surface area contributed by atoms with Gasteiger partial charge < -0.3 is 5.32 Å². The molecule has 0 aromatic heterocycles. The Balaban J connectivity index is 1.89. The van der Waals surface area contributed by atoms with E-state index in [2.05, 4.69) is 10.0 Å². The molecule has 2 aromatic rings. The van der Waals surface area contributed by atoms with Crippen LogP contribution in [0.4, 0.5) is 18.9 Å². The molecule has 1 amide bonds. The summed E-state index contributed by atoms with van der Waals surface area (Å²) in [5, 5.41) is 3.18. The van der Waals surface area contributed by atoms with Crippen LogP contribution in [0.5, 0.6) is 0 Å².